The minimum atomic E-state index is -3.26. The van der Waals surface area contributed by atoms with Crippen molar-refractivity contribution in [2.75, 3.05) is 18.1 Å². The smallest absolute Gasteiger partial charge is 0.229 e. The molecular formula is C7H9IN2O3S. The summed E-state index contributed by atoms with van der Waals surface area (Å²) >= 11 is 1.97. The van der Waals surface area contributed by atoms with Crippen molar-refractivity contribution in [2.24, 2.45) is 0 Å². The summed E-state index contributed by atoms with van der Waals surface area (Å²) in [5.41, 5.74) is 0.472. The van der Waals surface area contributed by atoms with Gasteiger partial charge in [0.15, 0.2) is 0 Å². The number of hydrogen-bond donors (Lipinski definition) is 1. The Bertz CT molecular complexity index is 433. The lowest BCUT2D eigenvalue weighted by atomic mass is 10.4. The summed E-state index contributed by atoms with van der Waals surface area (Å²) in [6.07, 6.45) is 2.57. The number of nitrogens with one attached hydrogen (secondary N) is 1. The second-order valence-corrected chi connectivity index (χ2v) is 5.38. The molecule has 0 unspecified atom stereocenters. The highest BCUT2D eigenvalue weighted by Crippen LogP contribution is 2.25. The molecule has 0 aliphatic carbocycles. The van der Waals surface area contributed by atoms with Crippen molar-refractivity contribution in [3.05, 3.63) is 15.8 Å². The van der Waals surface area contributed by atoms with Gasteiger partial charge in [0.2, 0.25) is 15.9 Å². The third-order valence-corrected chi connectivity index (χ3v) is 2.98. The maximum Gasteiger partial charge on any atom is 0.229 e. The Labute approximate surface area is 96.1 Å². The monoisotopic (exact) mass is 328 g/mol. The quantitative estimate of drug-likeness (QED) is 0.843. The van der Waals surface area contributed by atoms with Crippen LogP contribution in [0.1, 0.15) is 0 Å². The highest BCUT2D eigenvalue weighted by atomic mass is 127. The maximum atomic E-state index is 11.0. The Morgan fingerprint density at radius 3 is 2.71 bits per heavy atom. The molecule has 7 heteroatoms. The van der Waals surface area contributed by atoms with Crippen LogP contribution in [0.3, 0.4) is 0 Å². The van der Waals surface area contributed by atoms with Crippen molar-refractivity contribution in [3.8, 4) is 5.88 Å². The number of rotatable bonds is 3. The van der Waals surface area contributed by atoms with Crippen LogP contribution < -0.4 is 9.46 Å². The van der Waals surface area contributed by atoms with Crippen molar-refractivity contribution >= 4 is 38.3 Å². The van der Waals surface area contributed by atoms with E-state index in [9.17, 15) is 8.42 Å². The predicted octanol–water partition coefficient (Wildman–Crippen LogP) is 1.07. The van der Waals surface area contributed by atoms with Gasteiger partial charge in [0, 0.05) is 6.20 Å². The van der Waals surface area contributed by atoms with Crippen LogP contribution in [-0.4, -0.2) is 26.8 Å². The summed E-state index contributed by atoms with van der Waals surface area (Å²) in [6, 6.07) is 1.57. The van der Waals surface area contributed by atoms with E-state index in [2.05, 4.69) is 9.71 Å². The molecule has 0 bridgehead atoms. The number of hydrogen-bond acceptors (Lipinski definition) is 4. The number of ether oxygens (including phenoxy) is 1. The number of nitrogens with zero attached hydrogens (tertiary/aromatic N) is 1. The van der Waals surface area contributed by atoms with Gasteiger partial charge >= 0.3 is 0 Å². The molecule has 0 radical (unpaired) electrons. The third-order valence-electron chi connectivity index (χ3n) is 1.35. The van der Waals surface area contributed by atoms with Gasteiger partial charge in [-0.25, -0.2) is 13.4 Å². The Kier molecular flexibility index (Phi) is 3.53. The Morgan fingerprint density at radius 2 is 2.21 bits per heavy atom. The first-order valence-electron chi connectivity index (χ1n) is 3.60. The van der Waals surface area contributed by atoms with Crippen molar-refractivity contribution in [1.82, 2.24) is 4.98 Å². The van der Waals surface area contributed by atoms with Crippen molar-refractivity contribution in [2.45, 2.75) is 0 Å². The van der Waals surface area contributed by atoms with E-state index in [1.165, 1.54) is 13.3 Å². The van der Waals surface area contributed by atoms with Gasteiger partial charge in [-0.3, -0.25) is 4.72 Å². The van der Waals surface area contributed by atoms with Gasteiger partial charge < -0.3 is 4.74 Å². The average molecular weight is 328 g/mol. The predicted molar refractivity (Wildman–Crippen MR) is 62.0 cm³/mol. The number of pyridine rings is 1. The van der Waals surface area contributed by atoms with Crippen molar-refractivity contribution in [1.29, 1.82) is 0 Å². The van der Waals surface area contributed by atoms with E-state index >= 15 is 0 Å². The molecule has 0 saturated heterocycles. The van der Waals surface area contributed by atoms with Crippen molar-refractivity contribution < 1.29 is 13.2 Å². The van der Waals surface area contributed by atoms with E-state index in [1.54, 1.807) is 6.07 Å². The van der Waals surface area contributed by atoms with Crippen LogP contribution in [-0.2, 0) is 10.0 Å². The van der Waals surface area contributed by atoms with Gasteiger partial charge in [-0.1, -0.05) is 0 Å². The van der Waals surface area contributed by atoms with E-state index in [-0.39, 0.29) is 0 Å². The van der Waals surface area contributed by atoms with Crippen LogP contribution in [0, 0.1) is 3.57 Å². The summed E-state index contributed by atoms with van der Waals surface area (Å²) in [7, 11) is -1.78. The van der Waals surface area contributed by atoms with Crippen LogP contribution in [0.2, 0.25) is 0 Å². The SMILES string of the molecule is COc1nccc(NS(C)(=O)=O)c1I. The highest BCUT2D eigenvalue weighted by molar-refractivity contribution is 14.1. The highest BCUT2D eigenvalue weighted by Gasteiger charge is 2.10. The molecule has 14 heavy (non-hydrogen) atoms. The van der Waals surface area contributed by atoms with E-state index < -0.39 is 10.0 Å². The molecule has 0 amide bonds. The van der Waals surface area contributed by atoms with Gasteiger partial charge in [-0.2, -0.15) is 0 Å². The molecule has 1 rings (SSSR count). The molecule has 0 saturated carbocycles. The topological polar surface area (TPSA) is 68.3 Å². The zero-order valence-corrected chi connectivity index (χ0v) is 10.6. The van der Waals surface area contributed by atoms with Crippen LogP contribution >= 0.6 is 22.6 Å². The molecule has 0 spiro atoms. The molecule has 1 aromatic rings. The molecule has 0 atom stereocenters. The Balaban J connectivity index is 3.10. The summed E-state index contributed by atoms with van der Waals surface area (Å²) in [5, 5.41) is 0. The first-order chi connectivity index (χ1) is 6.44. The van der Waals surface area contributed by atoms with Crippen LogP contribution in [0.25, 0.3) is 0 Å². The normalized spacial score (nSPS) is 11.1. The largest absolute Gasteiger partial charge is 0.480 e. The standard InChI is InChI=1S/C7H9IN2O3S/c1-13-7-6(8)5(3-4-9-7)10-14(2,11)12/h3-4H,1-2H3,(H,9,10). The summed E-state index contributed by atoms with van der Waals surface area (Å²) < 4.78 is 29.9. The lowest BCUT2D eigenvalue weighted by Crippen LogP contribution is -2.11. The number of methoxy groups -OCH3 is 1. The fourth-order valence-electron chi connectivity index (χ4n) is 0.845. The van der Waals surface area contributed by atoms with E-state index in [4.69, 9.17) is 4.74 Å². The third kappa shape index (κ3) is 2.98. The zero-order chi connectivity index (χ0) is 10.8. The number of halogens is 1. The molecule has 1 N–H and O–H groups in total. The van der Waals surface area contributed by atoms with Crippen molar-refractivity contribution in [3.63, 3.8) is 0 Å². The summed E-state index contributed by atoms with van der Waals surface area (Å²) in [6.45, 7) is 0. The number of sulfonamides is 1. The molecule has 1 aromatic heterocycles. The second kappa shape index (κ2) is 4.30. The molecule has 0 aliphatic heterocycles. The molecule has 0 fully saturated rings. The molecule has 0 aliphatic rings. The lowest BCUT2D eigenvalue weighted by molar-refractivity contribution is 0.395. The van der Waals surface area contributed by atoms with Crippen LogP contribution in [0.5, 0.6) is 5.88 Å². The van der Waals surface area contributed by atoms with Gasteiger partial charge in [-0.15, -0.1) is 0 Å². The van der Waals surface area contributed by atoms with Gasteiger partial charge in [0.1, 0.15) is 0 Å². The average Bonchev–Trinajstić information content (AvgIpc) is 2.06. The number of aromatic nitrogens is 1. The maximum absolute atomic E-state index is 11.0. The van der Waals surface area contributed by atoms with Crippen LogP contribution in [0.15, 0.2) is 12.3 Å². The Morgan fingerprint density at radius 1 is 1.57 bits per heavy atom. The number of anilines is 1. The summed E-state index contributed by atoms with van der Waals surface area (Å²) in [5.74, 6) is 0.402. The molecule has 0 aromatic carbocycles. The zero-order valence-electron chi connectivity index (χ0n) is 7.61. The second-order valence-electron chi connectivity index (χ2n) is 2.56. The molecule has 78 valence electrons. The van der Waals surface area contributed by atoms with Gasteiger partial charge in [0.05, 0.1) is 22.6 Å². The van der Waals surface area contributed by atoms with Crippen LogP contribution in [0.4, 0.5) is 5.69 Å². The minimum Gasteiger partial charge on any atom is -0.480 e. The fourth-order valence-corrected chi connectivity index (χ4v) is 2.27. The molecule has 1 heterocycles. The first kappa shape index (κ1) is 11.5. The molecule has 5 nitrogen and oxygen atoms in total. The fraction of sp³-hybridized carbons (Fsp3) is 0.286. The lowest BCUT2D eigenvalue weighted by Gasteiger charge is -2.08. The Hall–Kier alpha value is -0.570. The molecular weight excluding hydrogens is 319 g/mol. The van der Waals surface area contributed by atoms with E-state index in [0.29, 0.717) is 15.1 Å². The summed E-state index contributed by atoms with van der Waals surface area (Å²) in [4.78, 5) is 3.92. The van der Waals surface area contributed by atoms with E-state index in [0.717, 1.165) is 6.26 Å². The van der Waals surface area contributed by atoms with Gasteiger partial charge in [-0.05, 0) is 28.7 Å². The van der Waals surface area contributed by atoms with Gasteiger partial charge in [0.25, 0.3) is 0 Å². The minimum absolute atomic E-state index is 0.402. The van der Waals surface area contributed by atoms with E-state index in [1.807, 2.05) is 22.6 Å². The first-order valence-corrected chi connectivity index (χ1v) is 6.57.